The zero-order valence-electron chi connectivity index (χ0n) is 7.80. The van der Waals surface area contributed by atoms with Gasteiger partial charge >= 0.3 is 0 Å². The highest BCUT2D eigenvalue weighted by Gasteiger charge is 2.33. The van der Waals surface area contributed by atoms with Crippen LogP contribution in [-0.4, -0.2) is 62.1 Å². The summed E-state index contributed by atoms with van der Waals surface area (Å²) in [6.07, 6.45) is 0. The largest absolute Gasteiger partial charge is 0.394 e. The maximum Gasteiger partial charge on any atom is 0.271 e. The van der Waals surface area contributed by atoms with Crippen molar-refractivity contribution in [1.82, 2.24) is 5.32 Å². The Balaban J connectivity index is 4.59. The third-order valence-corrected chi connectivity index (χ3v) is 3.19. The Kier molecular flexibility index (Phi) is 5.49. The van der Waals surface area contributed by atoms with Gasteiger partial charge in [0.25, 0.3) is 10.1 Å². The minimum atomic E-state index is -3.96. The van der Waals surface area contributed by atoms with Gasteiger partial charge in [0, 0.05) is 0 Å². The fourth-order valence-electron chi connectivity index (χ4n) is 0.832. The van der Waals surface area contributed by atoms with Gasteiger partial charge in [0.1, 0.15) is 0 Å². The number of likely N-dealkylation sites (N-methyl/N-ethyl adjacent to an activating group) is 1. The van der Waals surface area contributed by atoms with Crippen LogP contribution < -0.4 is 5.32 Å². The van der Waals surface area contributed by atoms with Gasteiger partial charge in [-0.1, -0.05) is 0 Å². The molecule has 0 rings (SSSR count). The Bertz CT molecular complexity index is 239. The molecule has 14 heavy (non-hydrogen) atoms. The Morgan fingerprint density at radius 1 is 1.29 bits per heavy atom. The first-order chi connectivity index (χ1) is 6.45. The third-order valence-electron chi connectivity index (χ3n) is 1.82. The van der Waals surface area contributed by atoms with Gasteiger partial charge in [-0.15, -0.1) is 0 Å². The summed E-state index contributed by atoms with van der Waals surface area (Å²) in [6, 6.07) is 0. The number of aliphatic hydroxyl groups excluding tert-OH is 3. The normalized spacial score (nSPS) is 13.1. The Hall–Kier alpha value is -0.250. The third kappa shape index (κ3) is 3.86. The summed E-state index contributed by atoms with van der Waals surface area (Å²) in [4.78, 5) is 0. The quantitative estimate of drug-likeness (QED) is 0.276. The predicted molar refractivity (Wildman–Crippen MR) is 47.9 cm³/mol. The van der Waals surface area contributed by atoms with Crippen LogP contribution in [0.3, 0.4) is 0 Å². The van der Waals surface area contributed by atoms with Crippen molar-refractivity contribution in [2.45, 2.75) is 5.54 Å². The van der Waals surface area contributed by atoms with E-state index in [9.17, 15) is 8.42 Å². The lowest BCUT2D eigenvalue weighted by Crippen LogP contribution is -2.55. The van der Waals surface area contributed by atoms with Crippen molar-refractivity contribution < 1.29 is 27.9 Å². The molecule has 0 heterocycles. The molecular formula is C6H15NO6S. The molecule has 0 aromatic carbocycles. The molecule has 0 saturated heterocycles. The van der Waals surface area contributed by atoms with Crippen molar-refractivity contribution in [2.75, 3.05) is 32.8 Å². The molecule has 0 amide bonds. The van der Waals surface area contributed by atoms with Crippen LogP contribution in [-0.2, 0) is 14.3 Å². The lowest BCUT2D eigenvalue weighted by atomic mass is 10.1. The topological polar surface area (TPSA) is 116 Å². The van der Waals surface area contributed by atoms with E-state index in [0.717, 1.165) is 0 Å². The molecule has 0 bridgehead atoms. The van der Waals surface area contributed by atoms with Crippen molar-refractivity contribution in [3.05, 3.63) is 0 Å². The van der Waals surface area contributed by atoms with E-state index >= 15 is 0 Å². The molecule has 0 radical (unpaired) electrons. The summed E-state index contributed by atoms with van der Waals surface area (Å²) in [5.41, 5.74) is -1.35. The molecule has 0 aliphatic carbocycles. The lowest BCUT2D eigenvalue weighted by Gasteiger charge is -2.28. The molecule has 7 nitrogen and oxygen atoms in total. The van der Waals surface area contributed by atoms with Crippen molar-refractivity contribution in [2.24, 2.45) is 0 Å². The van der Waals surface area contributed by atoms with Gasteiger partial charge in [-0.05, 0) is 7.05 Å². The van der Waals surface area contributed by atoms with E-state index in [4.69, 9.17) is 15.3 Å². The van der Waals surface area contributed by atoms with Crippen LogP contribution in [0.15, 0.2) is 0 Å². The SMILES string of the molecule is CNC(CO)(CO)CS(=O)(=O)OCO. The first-order valence-corrected chi connectivity index (χ1v) is 5.41. The van der Waals surface area contributed by atoms with Gasteiger partial charge in [-0.25, -0.2) is 4.18 Å². The second kappa shape index (κ2) is 5.59. The van der Waals surface area contributed by atoms with Gasteiger partial charge in [0.05, 0.1) is 24.5 Å². The van der Waals surface area contributed by atoms with Crippen LogP contribution in [0.25, 0.3) is 0 Å². The molecule has 0 aromatic heterocycles. The van der Waals surface area contributed by atoms with E-state index in [0.29, 0.717) is 0 Å². The van der Waals surface area contributed by atoms with Crippen molar-refractivity contribution >= 4 is 10.1 Å². The highest BCUT2D eigenvalue weighted by Crippen LogP contribution is 2.08. The molecule has 86 valence electrons. The van der Waals surface area contributed by atoms with Crippen LogP contribution >= 0.6 is 0 Å². The van der Waals surface area contributed by atoms with Crippen LogP contribution in [0.2, 0.25) is 0 Å². The summed E-state index contributed by atoms with van der Waals surface area (Å²) >= 11 is 0. The fraction of sp³-hybridized carbons (Fsp3) is 1.00. The van der Waals surface area contributed by atoms with Gasteiger partial charge in [0.2, 0.25) is 0 Å². The summed E-state index contributed by atoms with van der Waals surface area (Å²) in [5, 5.41) is 28.6. The van der Waals surface area contributed by atoms with Crippen LogP contribution in [0.5, 0.6) is 0 Å². The van der Waals surface area contributed by atoms with E-state index in [1.54, 1.807) is 0 Å². The van der Waals surface area contributed by atoms with Gasteiger partial charge < -0.3 is 20.6 Å². The first kappa shape index (κ1) is 13.8. The molecule has 4 N–H and O–H groups in total. The number of hydrogen-bond donors (Lipinski definition) is 4. The zero-order chi connectivity index (χ0) is 11.2. The van der Waals surface area contributed by atoms with Crippen molar-refractivity contribution in [3.8, 4) is 0 Å². The van der Waals surface area contributed by atoms with Gasteiger partial charge in [-0.3, -0.25) is 0 Å². The fourth-order valence-corrected chi connectivity index (χ4v) is 2.08. The van der Waals surface area contributed by atoms with Gasteiger partial charge in [0.15, 0.2) is 6.79 Å². The molecule has 0 aromatic rings. The first-order valence-electron chi connectivity index (χ1n) is 3.84. The monoisotopic (exact) mass is 229 g/mol. The molecule has 0 saturated carbocycles. The maximum atomic E-state index is 11.1. The Morgan fingerprint density at radius 2 is 1.79 bits per heavy atom. The molecule has 0 unspecified atom stereocenters. The van der Waals surface area contributed by atoms with Crippen LogP contribution in [0.1, 0.15) is 0 Å². The van der Waals surface area contributed by atoms with E-state index in [1.165, 1.54) is 7.05 Å². The Morgan fingerprint density at radius 3 is 2.07 bits per heavy atom. The summed E-state index contributed by atoms with van der Waals surface area (Å²) < 4.78 is 26.2. The Labute approximate surface area is 82.4 Å². The van der Waals surface area contributed by atoms with Crippen LogP contribution in [0, 0.1) is 0 Å². The van der Waals surface area contributed by atoms with E-state index in [1.807, 2.05) is 0 Å². The highest BCUT2D eigenvalue weighted by molar-refractivity contribution is 7.86. The van der Waals surface area contributed by atoms with E-state index in [-0.39, 0.29) is 0 Å². The smallest absolute Gasteiger partial charge is 0.271 e. The zero-order valence-corrected chi connectivity index (χ0v) is 8.62. The average molecular weight is 229 g/mol. The standard InChI is InChI=1S/C6H15NO6S/c1-7-6(2-8,3-9)4-14(11,12)13-5-10/h7-10H,2-5H2,1H3. The summed E-state index contributed by atoms with van der Waals surface area (Å²) in [7, 11) is -2.55. The predicted octanol–water partition coefficient (Wildman–Crippen LogP) is -2.77. The van der Waals surface area contributed by atoms with Crippen LogP contribution in [0.4, 0.5) is 0 Å². The van der Waals surface area contributed by atoms with Crippen molar-refractivity contribution in [1.29, 1.82) is 0 Å². The summed E-state index contributed by atoms with van der Waals surface area (Å²) in [6.45, 7) is -2.08. The number of rotatable bonds is 7. The average Bonchev–Trinajstić information content (AvgIpc) is 2.14. The molecule has 0 atom stereocenters. The minimum absolute atomic E-state index is 0.561. The molecule has 0 aliphatic heterocycles. The maximum absolute atomic E-state index is 11.1. The van der Waals surface area contributed by atoms with Crippen molar-refractivity contribution in [3.63, 3.8) is 0 Å². The number of nitrogens with one attached hydrogen (secondary N) is 1. The van der Waals surface area contributed by atoms with Gasteiger partial charge in [-0.2, -0.15) is 8.42 Å². The minimum Gasteiger partial charge on any atom is -0.394 e. The highest BCUT2D eigenvalue weighted by atomic mass is 32.2. The second-order valence-electron chi connectivity index (χ2n) is 2.80. The van der Waals surface area contributed by atoms with E-state index in [2.05, 4.69) is 9.50 Å². The molecule has 0 aliphatic rings. The summed E-state index contributed by atoms with van der Waals surface area (Å²) in [5.74, 6) is -0.621. The molecule has 0 fully saturated rings. The van der Waals surface area contributed by atoms with E-state index < -0.39 is 41.4 Å². The lowest BCUT2D eigenvalue weighted by molar-refractivity contribution is 0.0910. The molecule has 8 heteroatoms. The number of aliphatic hydroxyl groups is 3. The molecular weight excluding hydrogens is 214 g/mol. The molecule has 0 spiro atoms. The second-order valence-corrected chi connectivity index (χ2v) is 4.44. The number of hydrogen-bond acceptors (Lipinski definition) is 7.